The topological polar surface area (TPSA) is 67.5 Å². The van der Waals surface area contributed by atoms with Gasteiger partial charge >= 0.3 is 12.1 Å². The number of halogens is 3. The fourth-order valence-corrected chi connectivity index (χ4v) is 1.13. The highest BCUT2D eigenvalue weighted by atomic mass is 19.4. The Hall–Kier alpha value is -2.12. The van der Waals surface area contributed by atoms with E-state index in [0.717, 1.165) is 16.6 Å². The van der Waals surface area contributed by atoms with Crippen molar-refractivity contribution in [2.24, 2.45) is 0 Å². The Labute approximate surface area is 86.1 Å². The monoisotopic (exact) mass is 231 g/mol. The van der Waals surface area contributed by atoms with Crippen LogP contribution in [0.2, 0.25) is 0 Å². The molecular weight excluding hydrogens is 227 g/mol. The molecule has 0 spiro atoms. The van der Waals surface area contributed by atoms with E-state index in [2.05, 4.69) is 10.1 Å². The van der Waals surface area contributed by atoms with Gasteiger partial charge in [-0.15, -0.1) is 0 Å². The Bertz CT molecular complexity index is 561. The Morgan fingerprint density at radius 3 is 2.62 bits per heavy atom. The lowest BCUT2D eigenvalue weighted by Gasteiger charge is -1.98. The molecule has 0 radical (unpaired) electrons. The first-order valence-electron chi connectivity index (χ1n) is 4.05. The van der Waals surface area contributed by atoms with Gasteiger partial charge in [-0.1, -0.05) is 0 Å². The summed E-state index contributed by atoms with van der Waals surface area (Å²) < 4.78 is 37.6. The molecule has 0 fully saturated rings. The van der Waals surface area contributed by atoms with Gasteiger partial charge in [0, 0.05) is 0 Å². The highest BCUT2D eigenvalue weighted by molar-refractivity contribution is 5.85. The number of rotatable bonds is 1. The molecule has 5 nitrogen and oxygen atoms in total. The number of nitrogens with zero attached hydrogens (tertiary/aromatic N) is 3. The van der Waals surface area contributed by atoms with Crippen LogP contribution in [0.25, 0.3) is 5.65 Å². The van der Waals surface area contributed by atoms with Crippen LogP contribution in [0.15, 0.2) is 18.3 Å². The molecule has 8 heteroatoms. The van der Waals surface area contributed by atoms with Crippen molar-refractivity contribution in [3.8, 4) is 0 Å². The van der Waals surface area contributed by atoms with Gasteiger partial charge in [0.2, 0.25) is 0 Å². The maximum absolute atomic E-state index is 12.3. The molecule has 0 aliphatic rings. The first kappa shape index (κ1) is 10.4. The molecule has 0 aliphatic heterocycles. The Morgan fingerprint density at radius 2 is 2.06 bits per heavy atom. The molecular formula is C8H4F3N3O2. The van der Waals surface area contributed by atoms with Gasteiger partial charge in [0.15, 0.2) is 17.0 Å². The molecule has 0 bridgehead atoms. The Morgan fingerprint density at radius 1 is 1.38 bits per heavy atom. The van der Waals surface area contributed by atoms with Crippen molar-refractivity contribution in [2.75, 3.05) is 0 Å². The van der Waals surface area contributed by atoms with E-state index < -0.39 is 17.8 Å². The molecule has 0 atom stereocenters. The molecule has 2 heterocycles. The van der Waals surface area contributed by atoms with Crippen molar-refractivity contribution >= 4 is 11.6 Å². The van der Waals surface area contributed by atoms with E-state index >= 15 is 0 Å². The van der Waals surface area contributed by atoms with E-state index in [4.69, 9.17) is 5.11 Å². The summed E-state index contributed by atoms with van der Waals surface area (Å²) in [5.74, 6) is -1.32. The number of aromatic carboxylic acids is 1. The minimum absolute atomic E-state index is 0.0580. The zero-order chi connectivity index (χ0) is 11.9. The highest BCUT2D eigenvalue weighted by Gasteiger charge is 2.34. The van der Waals surface area contributed by atoms with Crippen LogP contribution in [0.3, 0.4) is 0 Å². The molecule has 16 heavy (non-hydrogen) atoms. The van der Waals surface area contributed by atoms with Crippen molar-refractivity contribution < 1.29 is 23.1 Å². The molecule has 1 N–H and O–H groups in total. The van der Waals surface area contributed by atoms with Crippen LogP contribution < -0.4 is 0 Å². The van der Waals surface area contributed by atoms with Gasteiger partial charge in [-0.3, -0.25) is 0 Å². The fourth-order valence-electron chi connectivity index (χ4n) is 1.13. The van der Waals surface area contributed by atoms with E-state index in [1.165, 1.54) is 0 Å². The van der Waals surface area contributed by atoms with E-state index in [1.807, 2.05) is 0 Å². The van der Waals surface area contributed by atoms with Crippen molar-refractivity contribution in [1.82, 2.24) is 14.6 Å². The predicted molar refractivity (Wildman–Crippen MR) is 44.9 cm³/mol. The Kier molecular flexibility index (Phi) is 2.07. The second-order valence-electron chi connectivity index (χ2n) is 2.95. The maximum Gasteiger partial charge on any atom is 0.434 e. The van der Waals surface area contributed by atoms with Crippen LogP contribution in [0, 0.1) is 0 Å². The summed E-state index contributed by atoms with van der Waals surface area (Å²) in [5, 5.41) is 12.1. The van der Waals surface area contributed by atoms with Crippen LogP contribution in [0.5, 0.6) is 0 Å². The van der Waals surface area contributed by atoms with Gasteiger partial charge < -0.3 is 5.11 Å². The van der Waals surface area contributed by atoms with Crippen molar-refractivity contribution in [3.05, 3.63) is 29.7 Å². The van der Waals surface area contributed by atoms with Crippen LogP contribution in [0.1, 0.15) is 16.2 Å². The number of aromatic nitrogens is 3. The molecule has 84 valence electrons. The normalized spacial score (nSPS) is 11.9. The number of carbonyl (C=O) groups is 1. The predicted octanol–water partition coefficient (Wildman–Crippen LogP) is 1.45. The van der Waals surface area contributed by atoms with Gasteiger partial charge in [0.05, 0.1) is 6.20 Å². The molecule has 0 aromatic carbocycles. The zero-order valence-corrected chi connectivity index (χ0v) is 7.56. The number of carboxylic acid groups (broad SMARTS) is 1. The van der Waals surface area contributed by atoms with Gasteiger partial charge in [-0.25, -0.2) is 14.3 Å². The average Bonchev–Trinajstić information content (AvgIpc) is 2.58. The number of hydrogen-bond acceptors (Lipinski definition) is 3. The lowest BCUT2D eigenvalue weighted by molar-refractivity contribution is -0.140. The third-order valence-electron chi connectivity index (χ3n) is 1.83. The van der Waals surface area contributed by atoms with E-state index in [0.29, 0.717) is 6.20 Å². The average molecular weight is 231 g/mol. The highest BCUT2D eigenvalue weighted by Crippen LogP contribution is 2.28. The molecule has 0 unspecified atom stereocenters. The second kappa shape index (κ2) is 3.19. The molecule has 2 aromatic rings. The third-order valence-corrected chi connectivity index (χ3v) is 1.83. The molecule has 2 rings (SSSR count). The molecule has 0 aliphatic carbocycles. The SMILES string of the molecule is O=C(O)c1ccc2nc(C(F)(F)F)cn2n1. The quantitative estimate of drug-likeness (QED) is 0.806. The number of carboxylic acids is 1. The number of hydrogen-bond donors (Lipinski definition) is 1. The summed E-state index contributed by atoms with van der Waals surface area (Å²) in [6, 6.07) is 2.25. The second-order valence-corrected chi connectivity index (χ2v) is 2.95. The summed E-state index contributed by atoms with van der Waals surface area (Å²) in [7, 11) is 0. The van der Waals surface area contributed by atoms with Gasteiger partial charge in [-0.2, -0.15) is 18.3 Å². The first-order chi connectivity index (χ1) is 7.38. The maximum atomic E-state index is 12.3. The largest absolute Gasteiger partial charge is 0.476 e. The summed E-state index contributed by atoms with van der Waals surface area (Å²) >= 11 is 0. The summed E-state index contributed by atoms with van der Waals surface area (Å²) in [4.78, 5) is 13.8. The smallest absolute Gasteiger partial charge is 0.434 e. The molecule has 2 aromatic heterocycles. The van der Waals surface area contributed by atoms with Crippen molar-refractivity contribution in [2.45, 2.75) is 6.18 Å². The van der Waals surface area contributed by atoms with E-state index in [1.54, 1.807) is 0 Å². The van der Waals surface area contributed by atoms with E-state index in [9.17, 15) is 18.0 Å². The Balaban J connectivity index is 2.59. The lowest BCUT2D eigenvalue weighted by Crippen LogP contribution is -2.05. The standard InChI is InChI=1S/C8H4F3N3O2/c9-8(10,11)5-3-14-6(12-5)2-1-4(13-14)7(15)16/h1-3H,(H,15,16). The van der Waals surface area contributed by atoms with Gasteiger partial charge in [0.1, 0.15) is 0 Å². The van der Waals surface area contributed by atoms with Gasteiger partial charge in [-0.05, 0) is 12.1 Å². The summed E-state index contributed by atoms with van der Waals surface area (Å²) in [5.41, 5.74) is -1.52. The molecule has 0 saturated carbocycles. The number of alkyl halides is 3. The molecule has 0 amide bonds. The molecule has 0 saturated heterocycles. The van der Waals surface area contributed by atoms with Crippen molar-refractivity contribution in [1.29, 1.82) is 0 Å². The summed E-state index contributed by atoms with van der Waals surface area (Å²) in [6.07, 6.45) is -3.93. The fraction of sp³-hybridized carbons (Fsp3) is 0.125. The van der Waals surface area contributed by atoms with Crippen LogP contribution >= 0.6 is 0 Å². The van der Waals surface area contributed by atoms with Crippen LogP contribution in [-0.2, 0) is 6.18 Å². The number of fused-ring (bicyclic) bond motifs is 1. The minimum Gasteiger partial charge on any atom is -0.476 e. The van der Waals surface area contributed by atoms with Crippen molar-refractivity contribution in [3.63, 3.8) is 0 Å². The van der Waals surface area contributed by atoms with E-state index in [-0.39, 0.29) is 11.3 Å². The number of imidazole rings is 1. The first-order valence-corrected chi connectivity index (χ1v) is 4.05. The lowest BCUT2D eigenvalue weighted by atomic mass is 10.4. The third kappa shape index (κ3) is 1.69. The minimum atomic E-state index is -4.57. The zero-order valence-electron chi connectivity index (χ0n) is 7.56. The van der Waals surface area contributed by atoms with Gasteiger partial charge in [0.25, 0.3) is 0 Å². The van der Waals surface area contributed by atoms with Crippen LogP contribution in [0.4, 0.5) is 13.2 Å². The van der Waals surface area contributed by atoms with Crippen LogP contribution in [-0.4, -0.2) is 25.7 Å². The summed E-state index contributed by atoms with van der Waals surface area (Å²) in [6.45, 7) is 0.